The summed E-state index contributed by atoms with van der Waals surface area (Å²) in [6.07, 6.45) is -0.229. The molecule has 1 N–H and O–H groups in total. The second-order valence-electron chi connectivity index (χ2n) is 5.85. The molecule has 1 amide bonds. The fourth-order valence-electron chi connectivity index (χ4n) is 3.06. The quantitative estimate of drug-likeness (QED) is 0.504. The van der Waals surface area contributed by atoms with E-state index in [1.807, 2.05) is 65.7 Å². The minimum Gasteiger partial charge on any atom is -0.494 e. The number of benzene rings is 2. The van der Waals surface area contributed by atoms with Crippen LogP contribution in [-0.4, -0.2) is 12.5 Å². The first-order valence-electron chi connectivity index (χ1n) is 8.33. The summed E-state index contributed by atoms with van der Waals surface area (Å²) in [5, 5.41) is 5.56. The van der Waals surface area contributed by atoms with Crippen LogP contribution >= 0.6 is 33.9 Å². The normalized spacial score (nSPS) is 16.2. The number of carbonyl (C=O) groups excluding carboxylic acids is 1. The van der Waals surface area contributed by atoms with E-state index in [0.29, 0.717) is 12.2 Å². The molecule has 0 aliphatic carbocycles. The van der Waals surface area contributed by atoms with E-state index in [1.165, 1.54) is 0 Å². The van der Waals surface area contributed by atoms with Gasteiger partial charge in [-0.3, -0.25) is 9.69 Å². The highest BCUT2D eigenvalue weighted by Crippen LogP contribution is 2.38. The molecule has 4 rings (SSSR count). The lowest BCUT2D eigenvalue weighted by atomic mass is 10.1. The summed E-state index contributed by atoms with van der Waals surface area (Å²) in [4.78, 5) is 16.3. The Kier molecular flexibility index (Phi) is 4.86. The maximum Gasteiger partial charge on any atom is 0.262 e. The van der Waals surface area contributed by atoms with Gasteiger partial charge in [0.05, 0.1) is 12.2 Å². The molecular weight excluding hydrogens is 459 g/mol. The zero-order valence-corrected chi connectivity index (χ0v) is 17.1. The highest BCUT2D eigenvalue weighted by Gasteiger charge is 2.34. The van der Waals surface area contributed by atoms with Crippen LogP contribution < -0.4 is 15.0 Å². The van der Waals surface area contributed by atoms with Gasteiger partial charge in [-0.15, -0.1) is 11.3 Å². The van der Waals surface area contributed by atoms with Crippen molar-refractivity contribution in [2.45, 2.75) is 13.1 Å². The van der Waals surface area contributed by atoms with Crippen molar-refractivity contribution in [1.82, 2.24) is 0 Å². The van der Waals surface area contributed by atoms with E-state index in [2.05, 4.69) is 34.0 Å². The number of fused-ring (bicyclic) bond motifs is 1. The molecule has 1 aliphatic heterocycles. The van der Waals surface area contributed by atoms with Crippen LogP contribution in [0.2, 0.25) is 0 Å². The molecule has 0 radical (unpaired) electrons. The number of amides is 1. The van der Waals surface area contributed by atoms with Gasteiger partial charge in [0.1, 0.15) is 11.9 Å². The Morgan fingerprint density at radius 3 is 2.69 bits per heavy atom. The lowest BCUT2D eigenvalue weighted by Crippen LogP contribution is -2.42. The number of thiophene rings is 1. The molecule has 132 valence electrons. The highest BCUT2D eigenvalue weighted by atomic mass is 127. The van der Waals surface area contributed by atoms with Crippen LogP contribution in [0.5, 0.6) is 5.75 Å². The standard InChI is InChI=1S/C20H17IN2O2S/c1-2-25-15-8-6-14(7-9-15)23-19(18-4-3-11-26-18)22-17-10-5-13(21)12-16(17)20(23)24/h3-12,19,22H,2H2,1H3. The summed E-state index contributed by atoms with van der Waals surface area (Å²) >= 11 is 3.87. The van der Waals surface area contributed by atoms with Gasteiger partial charge in [0, 0.05) is 19.8 Å². The Labute approximate surface area is 169 Å². The van der Waals surface area contributed by atoms with E-state index < -0.39 is 0 Å². The highest BCUT2D eigenvalue weighted by molar-refractivity contribution is 14.1. The maximum absolute atomic E-state index is 13.3. The van der Waals surface area contributed by atoms with Crippen LogP contribution in [0, 0.1) is 3.57 Å². The van der Waals surface area contributed by atoms with Crippen molar-refractivity contribution in [3.8, 4) is 5.75 Å². The molecule has 26 heavy (non-hydrogen) atoms. The monoisotopic (exact) mass is 476 g/mol. The van der Waals surface area contributed by atoms with Gasteiger partial charge in [-0.05, 0) is 83.4 Å². The van der Waals surface area contributed by atoms with E-state index in [1.54, 1.807) is 11.3 Å². The van der Waals surface area contributed by atoms with Crippen molar-refractivity contribution in [2.24, 2.45) is 0 Å². The van der Waals surface area contributed by atoms with Crippen LogP contribution in [0.4, 0.5) is 11.4 Å². The smallest absolute Gasteiger partial charge is 0.262 e. The van der Waals surface area contributed by atoms with Gasteiger partial charge in [-0.1, -0.05) is 6.07 Å². The summed E-state index contributed by atoms with van der Waals surface area (Å²) in [5.74, 6) is 0.802. The first kappa shape index (κ1) is 17.4. The number of nitrogens with zero attached hydrogens (tertiary/aromatic N) is 1. The molecule has 6 heteroatoms. The third-order valence-electron chi connectivity index (χ3n) is 4.22. The van der Waals surface area contributed by atoms with Crippen molar-refractivity contribution < 1.29 is 9.53 Å². The Balaban J connectivity index is 1.79. The Morgan fingerprint density at radius 1 is 1.19 bits per heavy atom. The van der Waals surface area contributed by atoms with Crippen LogP contribution in [0.25, 0.3) is 0 Å². The lowest BCUT2D eigenvalue weighted by Gasteiger charge is -2.37. The summed E-state index contributed by atoms with van der Waals surface area (Å²) in [5.41, 5.74) is 2.41. The molecule has 0 saturated carbocycles. The molecule has 1 aliphatic rings. The average Bonchev–Trinajstić information content (AvgIpc) is 3.18. The van der Waals surface area contributed by atoms with Gasteiger partial charge >= 0.3 is 0 Å². The Morgan fingerprint density at radius 2 is 2.00 bits per heavy atom. The molecular formula is C20H17IN2O2S. The molecule has 4 nitrogen and oxygen atoms in total. The zero-order valence-electron chi connectivity index (χ0n) is 14.1. The summed E-state index contributed by atoms with van der Waals surface area (Å²) in [6, 6.07) is 17.7. The first-order valence-corrected chi connectivity index (χ1v) is 10.3. The van der Waals surface area contributed by atoms with Gasteiger partial charge < -0.3 is 10.1 Å². The lowest BCUT2D eigenvalue weighted by molar-refractivity contribution is 0.0975. The molecule has 1 unspecified atom stereocenters. The van der Waals surface area contributed by atoms with E-state index in [4.69, 9.17) is 4.74 Å². The van der Waals surface area contributed by atoms with E-state index in [9.17, 15) is 4.79 Å². The summed E-state index contributed by atoms with van der Waals surface area (Å²) in [6.45, 7) is 2.57. The van der Waals surface area contributed by atoms with Crippen molar-refractivity contribution in [3.63, 3.8) is 0 Å². The molecule has 0 saturated heterocycles. The fraction of sp³-hybridized carbons (Fsp3) is 0.150. The number of rotatable bonds is 4. The molecule has 1 atom stereocenters. The fourth-order valence-corrected chi connectivity index (χ4v) is 4.32. The minimum absolute atomic E-state index is 0.000161. The summed E-state index contributed by atoms with van der Waals surface area (Å²) in [7, 11) is 0. The minimum atomic E-state index is -0.229. The first-order chi connectivity index (χ1) is 12.7. The number of hydrogen-bond donors (Lipinski definition) is 1. The maximum atomic E-state index is 13.3. The number of anilines is 2. The van der Waals surface area contributed by atoms with Crippen LogP contribution in [0.3, 0.4) is 0 Å². The number of carbonyl (C=O) groups is 1. The number of ether oxygens (including phenoxy) is 1. The largest absolute Gasteiger partial charge is 0.494 e. The molecule has 2 heterocycles. The van der Waals surface area contributed by atoms with Crippen molar-refractivity contribution in [1.29, 1.82) is 0 Å². The SMILES string of the molecule is CCOc1ccc(N2C(=O)c3cc(I)ccc3NC2c2cccs2)cc1. The predicted octanol–water partition coefficient (Wildman–Crippen LogP) is 5.52. The van der Waals surface area contributed by atoms with E-state index in [-0.39, 0.29) is 12.1 Å². The average molecular weight is 476 g/mol. The van der Waals surface area contributed by atoms with E-state index >= 15 is 0 Å². The van der Waals surface area contributed by atoms with Gasteiger partial charge in [0.15, 0.2) is 0 Å². The van der Waals surface area contributed by atoms with Gasteiger partial charge in [0.25, 0.3) is 5.91 Å². The third kappa shape index (κ3) is 3.19. The van der Waals surface area contributed by atoms with Crippen LogP contribution in [0.1, 0.15) is 28.3 Å². The van der Waals surface area contributed by atoms with Crippen LogP contribution in [0.15, 0.2) is 60.0 Å². The second-order valence-corrected chi connectivity index (χ2v) is 8.08. The summed E-state index contributed by atoms with van der Waals surface area (Å²) < 4.78 is 6.57. The Hall–Kier alpha value is -2.06. The second kappa shape index (κ2) is 7.28. The van der Waals surface area contributed by atoms with Crippen molar-refractivity contribution >= 4 is 51.2 Å². The predicted molar refractivity (Wildman–Crippen MR) is 114 cm³/mol. The molecule has 2 aromatic carbocycles. The topological polar surface area (TPSA) is 41.6 Å². The molecule has 0 fully saturated rings. The number of halogens is 1. The zero-order chi connectivity index (χ0) is 18.1. The molecule has 0 bridgehead atoms. The van der Waals surface area contributed by atoms with E-state index in [0.717, 1.165) is 25.6 Å². The van der Waals surface area contributed by atoms with Crippen LogP contribution in [-0.2, 0) is 0 Å². The Bertz CT molecular complexity index is 925. The van der Waals surface area contributed by atoms with Gasteiger partial charge in [-0.25, -0.2) is 0 Å². The molecule has 1 aromatic heterocycles. The third-order valence-corrected chi connectivity index (χ3v) is 5.82. The molecule has 0 spiro atoms. The van der Waals surface area contributed by atoms with Gasteiger partial charge in [-0.2, -0.15) is 0 Å². The number of hydrogen-bond acceptors (Lipinski definition) is 4. The van der Waals surface area contributed by atoms with Crippen molar-refractivity contribution in [2.75, 3.05) is 16.8 Å². The van der Waals surface area contributed by atoms with Gasteiger partial charge in [0.2, 0.25) is 0 Å². The number of nitrogens with one attached hydrogen (secondary N) is 1. The van der Waals surface area contributed by atoms with Crippen molar-refractivity contribution in [3.05, 3.63) is 74.0 Å². The molecule has 3 aromatic rings.